The molecule has 0 saturated carbocycles. The van der Waals surface area contributed by atoms with E-state index in [0.29, 0.717) is 5.56 Å². The third kappa shape index (κ3) is 3.13. The van der Waals surface area contributed by atoms with Crippen molar-refractivity contribution in [3.05, 3.63) is 41.7 Å². The number of carbonyl (C=O) groups is 1. The molecule has 0 bridgehead atoms. The van der Waals surface area contributed by atoms with Gasteiger partial charge in [0.2, 0.25) is 0 Å². The molecular formula is C12H13FO. The summed E-state index contributed by atoms with van der Waals surface area (Å²) in [6, 6.07) is 6.15. The van der Waals surface area contributed by atoms with Gasteiger partial charge in [0.15, 0.2) is 5.78 Å². The van der Waals surface area contributed by atoms with E-state index in [-0.39, 0.29) is 17.5 Å². The number of carbonyl (C=O) groups excluding carboxylic acids is 1. The van der Waals surface area contributed by atoms with Gasteiger partial charge in [-0.15, -0.1) is 0 Å². The number of hydrogen-bond acceptors (Lipinski definition) is 1. The Morgan fingerprint density at radius 2 is 2.14 bits per heavy atom. The number of hydrogen-bond donors (Lipinski definition) is 0. The number of halogens is 1. The third-order valence-corrected chi connectivity index (χ3v) is 1.86. The Kier molecular flexibility index (Phi) is 3.57. The topological polar surface area (TPSA) is 17.1 Å². The summed E-state index contributed by atoms with van der Waals surface area (Å²) in [6.07, 6.45) is 3.12. The molecule has 1 aromatic carbocycles. The summed E-state index contributed by atoms with van der Waals surface area (Å²) >= 11 is 0. The lowest BCUT2D eigenvalue weighted by Crippen LogP contribution is -2.01. The lowest BCUT2D eigenvalue weighted by Gasteiger charge is -1.97. The summed E-state index contributed by atoms with van der Waals surface area (Å²) in [5, 5.41) is 0. The molecule has 1 nitrogen and oxygen atoms in total. The Bertz CT molecular complexity index is 353. The molecule has 0 unspecified atom stereocenters. The highest BCUT2D eigenvalue weighted by atomic mass is 19.1. The van der Waals surface area contributed by atoms with Crippen LogP contribution in [0.3, 0.4) is 0 Å². The van der Waals surface area contributed by atoms with Crippen LogP contribution < -0.4 is 0 Å². The second kappa shape index (κ2) is 4.70. The van der Waals surface area contributed by atoms with Crippen molar-refractivity contribution >= 4 is 11.9 Å². The molecule has 0 amide bonds. The zero-order valence-corrected chi connectivity index (χ0v) is 8.33. The summed E-state index contributed by atoms with van der Waals surface area (Å²) in [6.45, 7) is 3.66. The van der Waals surface area contributed by atoms with Gasteiger partial charge in [-0.25, -0.2) is 4.39 Å². The fourth-order valence-corrected chi connectivity index (χ4v) is 0.981. The van der Waals surface area contributed by atoms with Gasteiger partial charge >= 0.3 is 0 Å². The molecule has 0 aromatic heterocycles. The standard InChI is InChI=1S/C12H13FO/c1-9(2)12(14)7-6-10-4-3-5-11(13)8-10/h3-9H,1-2H3. The molecule has 0 saturated heterocycles. The van der Waals surface area contributed by atoms with E-state index in [1.807, 2.05) is 13.8 Å². The molecule has 0 radical (unpaired) electrons. The average molecular weight is 192 g/mol. The van der Waals surface area contributed by atoms with Gasteiger partial charge in [0.05, 0.1) is 0 Å². The molecular weight excluding hydrogens is 179 g/mol. The molecule has 0 spiro atoms. The fourth-order valence-electron chi connectivity index (χ4n) is 0.981. The van der Waals surface area contributed by atoms with Crippen molar-refractivity contribution in [1.29, 1.82) is 0 Å². The van der Waals surface area contributed by atoms with E-state index in [0.717, 1.165) is 0 Å². The first-order valence-electron chi connectivity index (χ1n) is 4.57. The van der Waals surface area contributed by atoms with Crippen LogP contribution in [0.15, 0.2) is 30.3 Å². The monoisotopic (exact) mass is 192 g/mol. The van der Waals surface area contributed by atoms with Crippen LogP contribution in [0.5, 0.6) is 0 Å². The lowest BCUT2D eigenvalue weighted by molar-refractivity contribution is -0.117. The third-order valence-electron chi connectivity index (χ3n) is 1.86. The maximum absolute atomic E-state index is 12.7. The predicted octanol–water partition coefficient (Wildman–Crippen LogP) is 3.06. The number of benzene rings is 1. The number of allylic oxidation sites excluding steroid dienone is 1. The van der Waals surface area contributed by atoms with Crippen LogP contribution in [-0.4, -0.2) is 5.78 Å². The van der Waals surface area contributed by atoms with E-state index in [9.17, 15) is 9.18 Å². The van der Waals surface area contributed by atoms with Crippen LogP contribution >= 0.6 is 0 Å². The van der Waals surface area contributed by atoms with Crippen molar-refractivity contribution in [2.45, 2.75) is 13.8 Å². The highest BCUT2D eigenvalue weighted by Gasteiger charge is 2.01. The molecule has 0 aliphatic rings. The van der Waals surface area contributed by atoms with E-state index in [1.165, 1.54) is 18.2 Å². The lowest BCUT2D eigenvalue weighted by atomic mass is 10.1. The normalized spacial score (nSPS) is 11.1. The van der Waals surface area contributed by atoms with E-state index in [2.05, 4.69) is 0 Å². The van der Waals surface area contributed by atoms with Crippen molar-refractivity contribution < 1.29 is 9.18 Å². The van der Waals surface area contributed by atoms with E-state index in [1.54, 1.807) is 18.2 Å². The van der Waals surface area contributed by atoms with Crippen molar-refractivity contribution in [2.24, 2.45) is 5.92 Å². The number of ketones is 1. The Balaban J connectivity index is 2.74. The molecule has 14 heavy (non-hydrogen) atoms. The van der Waals surface area contributed by atoms with E-state index in [4.69, 9.17) is 0 Å². The predicted molar refractivity (Wildman–Crippen MR) is 55.3 cm³/mol. The molecule has 2 heteroatoms. The minimum Gasteiger partial charge on any atom is -0.295 e. The summed E-state index contributed by atoms with van der Waals surface area (Å²) in [7, 11) is 0. The summed E-state index contributed by atoms with van der Waals surface area (Å²) in [5.41, 5.74) is 0.707. The summed E-state index contributed by atoms with van der Waals surface area (Å²) in [4.78, 5) is 11.2. The minimum absolute atomic E-state index is 0.0141. The highest BCUT2D eigenvalue weighted by molar-refractivity contribution is 5.94. The molecule has 1 rings (SSSR count). The first kappa shape index (κ1) is 10.6. The largest absolute Gasteiger partial charge is 0.295 e. The molecule has 0 aliphatic heterocycles. The van der Waals surface area contributed by atoms with Crippen LogP contribution in [0.25, 0.3) is 6.08 Å². The maximum atomic E-state index is 12.7. The van der Waals surface area contributed by atoms with Crippen LogP contribution in [0.2, 0.25) is 0 Å². The molecule has 0 aliphatic carbocycles. The van der Waals surface area contributed by atoms with Gasteiger partial charge in [0, 0.05) is 5.92 Å². The first-order valence-corrected chi connectivity index (χ1v) is 4.57. The smallest absolute Gasteiger partial charge is 0.158 e. The first-order chi connectivity index (χ1) is 6.59. The Hall–Kier alpha value is -1.44. The van der Waals surface area contributed by atoms with Gasteiger partial charge < -0.3 is 0 Å². The van der Waals surface area contributed by atoms with E-state index < -0.39 is 0 Å². The van der Waals surface area contributed by atoms with Crippen LogP contribution in [0.4, 0.5) is 4.39 Å². The van der Waals surface area contributed by atoms with Crippen molar-refractivity contribution in [3.63, 3.8) is 0 Å². The Morgan fingerprint density at radius 3 is 2.71 bits per heavy atom. The van der Waals surface area contributed by atoms with Crippen LogP contribution in [0, 0.1) is 11.7 Å². The summed E-state index contributed by atoms with van der Waals surface area (Å²) < 4.78 is 12.7. The van der Waals surface area contributed by atoms with Crippen molar-refractivity contribution in [2.75, 3.05) is 0 Å². The zero-order chi connectivity index (χ0) is 10.6. The van der Waals surface area contributed by atoms with Crippen molar-refractivity contribution in [1.82, 2.24) is 0 Å². The zero-order valence-electron chi connectivity index (χ0n) is 8.33. The molecule has 0 heterocycles. The molecule has 74 valence electrons. The van der Waals surface area contributed by atoms with Gasteiger partial charge in [0.25, 0.3) is 0 Å². The molecule has 0 fully saturated rings. The fraction of sp³-hybridized carbons (Fsp3) is 0.250. The molecule has 1 aromatic rings. The minimum atomic E-state index is -0.288. The average Bonchev–Trinajstić information content (AvgIpc) is 2.14. The second-order valence-corrected chi connectivity index (χ2v) is 3.45. The van der Waals surface area contributed by atoms with Gasteiger partial charge in [-0.3, -0.25) is 4.79 Å². The number of rotatable bonds is 3. The maximum Gasteiger partial charge on any atom is 0.158 e. The molecule has 0 N–H and O–H groups in total. The van der Waals surface area contributed by atoms with Crippen LogP contribution in [0.1, 0.15) is 19.4 Å². The van der Waals surface area contributed by atoms with E-state index >= 15 is 0 Å². The SMILES string of the molecule is CC(C)C(=O)C=Cc1cccc(F)c1. The van der Waals surface area contributed by atoms with Gasteiger partial charge in [-0.05, 0) is 23.8 Å². The molecule has 0 atom stereocenters. The quantitative estimate of drug-likeness (QED) is 0.672. The Morgan fingerprint density at radius 1 is 1.43 bits per heavy atom. The second-order valence-electron chi connectivity index (χ2n) is 3.45. The highest BCUT2D eigenvalue weighted by Crippen LogP contribution is 2.06. The van der Waals surface area contributed by atoms with Gasteiger partial charge in [-0.1, -0.05) is 32.1 Å². The van der Waals surface area contributed by atoms with Gasteiger partial charge in [-0.2, -0.15) is 0 Å². The Labute approximate surface area is 83.3 Å². The van der Waals surface area contributed by atoms with Gasteiger partial charge in [0.1, 0.15) is 5.82 Å². The summed E-state index contributed by atoms with van der Waals surface area (Å²) in [5.74, 6) is -0.252. The van der Waals surface area contributed by atoms with Crippen LogP contribution in [-0.2, 0) is 4.79 Å². The van der Waals surface area contributed by atoms with Crippen molar-refractivity contribution in [3.8, 4) is 0 Å².